The van der Waals surface area contributed by atoms with Crippen LogP contribution >= 0.6 is 0 Å². The molecule has 19 heavy (non-hydrogen) atoms. The molecule has 4 heteroatoms. The molecule has 0 bridgehead atoms. The number of methoxy groups -OCH3 is 2. The maximum absolute atomic E-state index is 11.9. The molecular formula is C15H17NO3. The first kappa shape index (κ1) is 12.1. The van der Waals surface area contributed by atoms with Crippen molar-refractivity contribution < 1.29 is 14.3 Å². The molecule has 0 aromatic heterocycles. The molecule has 0 aliphatic carbocycles. The largest absolute Gasteiger partial charge is 0.493 e. The molecule has 1 aromatic rings. The summed E-state index contributed by atoms with van der Waals surface area (Å²) in [4.78, 5) is 13.8. The Kier molecular flexibility index (Phi) is 2.55. The molecule has 0 N–H and O–H groups in total. The Morgan fingerprint density at radius 2 is 1.89 bits per heavy atom. The van der Waals surface area contributed by atoms with Gasteiger partial charge >= 0.3 is 0 Å². The van der Waals surface area contributed by atoms with Crippen molar-refractivity contribution in [3.63, 3.8) is 0 Å². The van der Waals surface area contributed by atoms with Gasteiger partial charge in [0.05, 0.1) is 19.8 Å². The maximum Gasteiger partial charge on any atom is 0.247 e. The average molecular weight is 259 g/mol. The summed E-state index contributed by atoms with van der Waals surface area (Å²) in [6.07, 6.45) is 4.48. The van der Waals surface area contributed by atoms with E-state index >= 15 is 0 Å². The molecule has 0 fully saturated rings. The molecule has 3 rings (SSSR count). The van der Waals surface area contributed by atoms with Crippen molar-refractivity contribution in [2.75, 3.05) is 20.8 Å². The van der Waals surface area contributed by atoms with Crippen molar-refractivity contribution >= 4 is 5.91 Å². The quantitative estimate of drug-likeness (QED) is 0.814. The summed E-state index contributed by atoms with van der Waals surface area (Å²) >= 11 is 0. The number of ether oxygens (including phenoxy) is 2. The number of nitrogens with zero attached hydrogens (tertiary/aromatic N) is 1. The number of hydrogen-bond acceptors (Lipinski definition) is 3. The van der Waals surface area contributed by atoms with Gasteiger partial charge in [-0.25, -0.2) is 0 Å². The van der Waals surface area contributed by atoms with Crippen molar-refractivity contribution in [2.24, 2.45) is 0 Å². The molecule has 4 nitrogen and oxygen atoms in total. The standard InChI is InChI=1S/C15H17NO3/c1-15-6-4-14(17)16(15)7-5-10-8-12(18-2)13(19-3)9-11(10)15/h4,6,8-9H,5,7H2,1-3H3/t15-/m0/s1. The molecule has 0 spiro atoms. The van der Waals surface area contributed by atoms with Crippen LogP contribution in [0, 0.1) is 0 Å². The third-order valence-corrected chi connectivity index (χ3v) is 4.14. The van der Waals surface area contributed by atoms with E-state index in [2.05, 4.69) is 6.92 Å². The molecule has 1 atom stereocenters. The first-order valence-corrected chi connectivity index (χ1v) is 6.36. The molecular weight excluding hydrogens is 242 g/mol. The van der Waals surface area contributed by atoms with Crippen LogP contribution in [0.4, 0.5) is 0 Å². The van der Waals surface area contributed by atoms with E-state index in [1.807, 2.05) is 23.1 Å². The Bertz CT molecular complexity index is 579. The number of carbonyl (C=O) groups is 1. The second kappa shape index (κ2) is 4.02. The molecule has 1 aromatic carbocycles. The summed E-state index contributed by atoms with van der Waals surface area (Å²) in [7, 11) is 3.27. The normalized spacial score (nSPS) is 24.2. The highest BCUT2D eigenvalue weighted by Crippen LogP contribution is 2.44. The van der Waals surface area contributed by atoms with Gasteiger partial charge in [0.15, 0.2) is 11.5 Å². The first-order valence-electron chi connectivity index (χ1n) is 6.36. The molecule has 0 saturated heterocycles. The zero-order valence-corrected chi connectivity index (χ0v) is 11.4. The minimum absolute atomic E-state index is 0.0861. The van der Waals surface area contributed by atoms with E-state index in [-0.39, 0.29) is 11.4 Å². The van der Waals surface area contributed by atoms with Crippen LogP contribution in [-0.4, -0.2) is 31.6 Å². The van der Waals surface area contributed by atoms with Crippen LogP contribution in [0.2, 0.25) is 0 Å². The lowest BCUT2D eigenvalue weighted by molar-refractivity contribution is -0.129. The van der Waals surface area contributed by atoms with Crippen LogP contribution in [0.25, 0.3) is 0 Å². The first-order chi connectivity index (χ1) is 9.10. The highest BCUT2D eigenvalue weighted by molar-refractivity contribution is 5.92. The van der Waals surface area contributed by atoms with Gasteiger partial charge in [-0.3, -0.25) is 4.79 Å². The van der Waals surface area contributed by atoms with Crippen LogP contribution in [0.5, 0.6) is 11.5 Å². The number of hydrogen-bond donors (Lipinski definition) is 0. The number of carbonyl (C=O) groups excluding carboxylic acids is 1. The summed E-state index contributed by atoms with van der Waals surface area (Å²) in [6.45, 7) is 2.81. The second-order valence-corrected chi connectivity index (χ2v) is 5.09. The number of amides is 1. The molecule has 2 aliphatic heterocycles. The van der Waals surface area contributed by atoms with Crippen molar-refractivity contribution in [2.45, 2.75) is 18.9 Å². The van der Waals surface area contributed by atoms with E-state index in [1.165, 1.54) is 5.56 Å². The van der Waals surface area contributed by atoms with E-state index in [0.717, 1.165) is 24.3 Å². The Labute approximate surface area is 112 Å². The fraction of sp³-hybridized carbons (Fsp3) is 0.400. The summed E-state index contributed by atoms with van der Waals surface area (Å²) < 4.78 is 10.7. The zero-order chi connectivity index (χ0) is 13.6. The Balaban J connectivity index is 2.17. The minimum Gasteiger partial charge on any atom is -0.493 e. The van der Waals surface area contributed by atoms with E-state index in [4.69, 9.17) is 9.47 Å². The lowest BCUT2D eigenvalue weighted by Gasteiger charge is -2.41. The number of benzene rings is 1. The van der Waals surface area contributed by atoms with Crippen LogP contribution in [0.3, 0.4) is 0 Å². The topological polar surface area (TPSA) is 38.8 Å². The van der Waals surface area contributed by atoms with Crippen LogP contribution < -0.4 is 9.47 Å². The van der Waals surface area contributed by atoms with E-state index < -0.39 is 0 Å². The van der Waals surface area contributed by atoms with Gasteiger partial charge in [0.25, 0.3) is 0 Å². The lowest BCUT2D eigenvalue weighted by atomic mass is 9.83. The predicted molar refractivity (Wildman–Crippen MR) is 71.5 cm³/mol. The van der Waals surface area contributed by atoms with Gasteiger partial charge in [0.2, 0.25) is 5.91 Å². The van der Waals surface area contributed by atoms with Gasteiger partial charge in [-0.15, -0.1) is 0 Å². The fourth-order valence-electron chi connectivity index (χ4n) is 3.05. The third-order valence-electron chi connectivity index (χ3n) is 4.14. The Morgan fingerprint density at radius 3 is 2.58 bits per heavy atom. The zero-order valence-electron chi connectivity index (χ0n) is 11.4. The SMILES string of the molecule is COc1cc2c(cc1OC)[C@]1(C)C=CC(=O)N1CC2. The van der Waals surface area contributed by atoms with Gasteiger partial charge < -0.3 is 14.4 Å². The smallest absolute Gasteiger partial charge is 0.247 e. The van der Waals surface area contributed by atoms with Crippen LogP contribution in [-0.2, 0) is 16.8 Å². The van der Waals surface area contributed by atoms with E-state index in [9.17, 15) is 4.79 Å². The molecule has 0 saturated carbocycles. The highest BCUT2D eigenvalue weighted by atomic mass is 16.5. The van der Waals surface area contributed by atoms with E-state index in [0.29, 0.717) is 5.75 Å². The Hall–Kier alpha value is -1.97. The minimum atomic E-state index is -0.357. The maximum atomic E-state index is 11.9. The molecule has 2 aliphatic rings. The van der Waals surface area contributed by atoms with E-state index in [1.54, 1.807) is 20.3 Å². The summed E-state index contributed by atoms with van der Waals surface area (Å²) in [5.74, 6) is 1.53. The second-order valence-electron chi connectivity index (χ2n) is 5.09. The summed E-state index contributed by atoms with van der Waals surface area (Å²) in [5, 5.41) is 0. The van der Waals surface area contributed by atoms with Gasteiger partial charge in [-0.2, -0.15) is 0 Å². The monoisotopic (exact) mass is 259 g/mol. The van der Waals surface area contributed by atoms with Gasteiger partial charge in [0, 0.05) is 12.6 Å². The molecule has 1 amide bonds. The predicted octanol–water partition coefficient (Wildman–Crippen LogP) is 1.87. The molecule has 0 radical (unpaired) electrons. The van der Waals surface area contributed by atoms with Crippen molar-refractivity contribution in [1.29, 1.82) is 0 Å². The van der Waals surface area contributed by atoms with Crippen LogP contribution in [0.15, 0.2) is 24.3 Å². The van der Waals surface area contributed by atoms with Gasteiger partial charge in [-0.1, -0.05) is 0 Å². The Morgan fingerprint density at radius 1 is 1.21 bits per heavy atom. The molecule has 100 valence electrons. The summed E-state index contributed by atoms with van der Waals surface area (Å²) in [5.41, 5.74) is 1.98. The number of fused-ring (bicyclic) bond motifs is 3. The van der Waals surface area contributed by atoms with Crippen molar-refractivity contribution in [3.05, 3.63) is 35.4 Å². The lowest BCUT2D eigenvalue weighted by Crippen LogP contribution is -2.46. The van der Waals surface area contributed by atoms with Crippen molar-refractivity contribution in [3.8, 4) is 11.5 Å². The molecule has 2 heterocycles. The highest BCUT2D eigenvalue weighted by Gasteiger charge is 2.42. The van der Waals surface area contributed by atoms with Crippen LogP contribution in [0.1, 0.15) is 18.1 Å². The third kappa shape index (κ3) is 1.56. The van der Waals surface area contributed by atoms with Gasteiger partial charge in [0.1, 0.15) is 0 Å². The van der Waals surface area contributed by atoms with Crippen molar-refractivity contribution in [1.82, 2.24) is 4.90 Å². The van der Waals surface area contributed by atoms with Gasteiger partial charge in [-0.05, 0) is 42.7 Å². The fourth-order valence-corrected chi connectivity index (χ4v) is 3.05. The number of rotatable bonds is 2. The summed E-state index contributed by atoms with van der Waals surface area (Å²) in [6, 6.07) is 4.01. The molecule has 0 unspecified atom stereocenters. The average Bonchev–Trinajstić information content (AvgIpc) is 2.73.